The van der Waals surface area contributed by atoms with Crippen LogP contribution in [0.15, 0.2) is 310 Å². The van der Waals surface area contributed by atoms with Gasteiger partial charge in [-0.1, -0.05) is 276 Å². The van der Waals surface area contributed by atoms with Gasteiger partial charge in [0.2, 0.25) is 0 Å². The van der Waals surface area contributed by atoms with Crippen molar-refractivity contribution < 1.29 is 22.8 Å². The average Bonchev–Trinajstić information content (AvgIpc) is 0.761. The first-order chi connectivity index (χ1) is 61.0. The third-order valence-corrected chi connectivity index (χ3v) is 25.7. The van der Waals surface area contributed by atoms with Crippen LogP contribution in [0.1, 0.15) is 95.3 Å². The molecule has 0 amide bonds. The number of fused-ring (bicyclic) bond motifs is 17. The second-order valence-electron chi connectivity index (χ2n) is 35.8. The Bertz CT molecular complexity index is 7790. The molecule has 5 aromatic heterocycles. The first kappa shape index (κ1) is 82.7. The molecule has 618 valence electrons. The maximum atomic E-state index is 5.18. The Balaban J connectivity index is 0.000000107. The van der Waals surface area contributed by atoms with Crippen LogP contribution in [-0.4, -0.2) is 24.9 Å². The zero-order valence-corrected chi connectivity index (χ0v) is 75.5. The summed E-state index contributed by atoms with van der Waals surface area (Å²) in [6.45, 7) is 24.0. The van der Waals surface area contributed by atoms with E-state index in [1.807, 2.05) is 31.3 Å². The van der Waals surface area contributed by atoms with Gasteiger partial charge in [-0.05, 0) is 246 Å². The maximum absolute atomic E-state index is 5.18. The smallest absolute Gasteiger partial charge is 0.233 e. The summed E-state index contributed by atoms with van der Waals surface area (Å²) < 4.78 is 10.8. The normalized spacial score (nSPS) is 12.0. The van der Waals surface area contributed by atoms with Crippen molar-refractivity contribution in [1.29, 1.82) is 0 Å². The molecule has 1 aliphatic rings. The predicted octanol–water partition coefficient (Wildman–Crippen LogP) is 25.5. The Kier molecular flexibility index (Phi) is 22.6. The molecule has 0 unspecified atom stereocenters. The van der Waals surface area contributed by atoms with E-state index in [0.29, 0.717) is 0 Å². The molecule has 0 atom stereocenters. The SMILES string of the molecule is Cc1c[n+](C)c(-c2c(C)ccc3c2ccc2ccccc23)nc1CC(C)(C)C.Cc1cc[n+](C)c(-c2c(C)ccc3c2ccc2ccccc23)n1.Cc1ccc2c(ccc3ccccc32)c1-c1nc2c(c[n+]1C)CCCC2.Cc1ccc2c(ccc3ccccc32)c1-c1nc2ccccc2c[n+]1C.Cc1ccc2c(ccc3ccccc32)c1-c1nccc(C)[n+]1C. The van der Waals surface area contributed by atoms with Crippen molar-refractivity contribution in [3.05, 3.63) is 372 Å². The molecule has 1 aliphatic carbocycles. The van der Waals surface area contributed by atoms with Crippen molar-refractivity contribution in [2.75, 3.05) is 0 Å². The molecule has 0 saturated heterocycles. The summed E-state index contributed by atoms with van der Waals surface area (Å²) >= 11 is 0. The molecule has 0 fully saturated rings. The lowest BCUT2D eigenvalue weighted by molar-refractivity contribution is -0.669. The van der Waals surface area contributed by atoms with E-state index in [4.69, 9.17) is 19.9 Å². The number of benzene rings is 16. The third-order valence-electron chi connectivity index (χ3n) is 25.7. The van der Waals surface area contributed by atoms with Gasteiger partial charge in [0.1, 0.15) is 18.1 Å². The Morgan fingerprint density at radius 1 is 0.278 bits per heavy atom. The van der Waals surface area contributed by atoms with E-state index in [2.05, 4.69) is 418 Å². The number of aromatic nitrogens is 10. The van der Waals surface area contributed by atoms with E-state index in [1.54, 1.807) is 0 Å². The highest BCUT2D eigenvalue weighted by atomic mass is 15.0. The predicted molar refractivity (Wildman–Crippen MR) is 525 cm³/mol. The Morgan fingerprint density at radius 2 is 0.619 bits per heavy atom. The van der Waals surface area contributed by atoms with Crippen molar-refractivity contribution in [3.63, 3.8) is 0 Å². The number of rotatable bonds is 6. The fraction of sp³-hybridized carbons (Fsp3) is 0.190. The van der Waals surface area contributed by atoms with E-state index < -0.39 is 0 Å². The molecule has 0 saturated carbocycles. The Hall–Kier alpha value is -14.2. The van der Waals surface area contributed by atoms with Crippen molar-refractivity contribution >= 4 is 119 Å². The van der Waals surface area contributed by atoms with Crippen LogP contribution in [0.25, 0.3) is 176 Å². The number of hydrogen-bond donors (Lipinski definition) is 0. The summed E-state index contributed by atoms with van der Waals surface area (Å²) in [4.78, 5) is 24.8. The highest BCUT2D eigenvalue weighted by Gasteiger charge is 2.30. The van der Waals surface area contributed by atoms with Gasteiger partial charge in [-0.2, -0.15) is 0 Å². The van der Waals surface area contributed by atoms with E-state index in [1.165, 1.54) is 204 Å². The lowest BCUT2D eigenvalue weighted by Crippen LogP contribution is -2.35. The molecule has 16 aromatic carbocycles. The maximum Gasteiger partial charge on any atom is 0.331 e. The molecule has 21 aromatic rings. The summed E-state index contributed by atoms with van der Waals surface area (Å²) in [5, 5.41) is 26.8. The van der Waals surface area contributed by atoms with Crippen LogP contribution in [-0.2, 0) is 54.5 Å². The van der Waals surface area contributed by atoms with Gasteiger partial charge < -0.3 is 0 Å². The van der Waals surface area contributed by atoms with Crippen LogP contribution in [0.4, 0.5) is 0 Å². The minimum atomic E-state index is 0.207. The second kappa shape index (κ2) is 34.5. The van der Waals surface area contributed by atoms with Crippen molar-refractivity contribution in [1.82, 2.24) is 24.9 Å². The Morgan fingerprint density at radius 3 is 1.04 bits per heavy atom. The van der Waals surface area contributed by atoms with Crippen LogP contribution in [0.5, 0.6) is 0 Å². The molecule has 126 heavy (non-hydrogen) atoms. The van der Waals surface area contributed by atoms with Crippen LogP contribution >= 0.6 is 0 Å². The molecule has 0 bridgehead atoms. The molecular formula is C116H109N10+5. The monoisotopic (exact) mass is 1640 g/mol. The summed E-state index contributed by atoms with van der Waals surface area (Å²) in [6.07, 6.45) is 16.4. The van der Waals surface area contributed by atoms with Gasteiger partial charge in [-0.15, -0.1) is 0 Å². The van der Waals surface area contributed by atoms with Crippen molar-refractivity contribution in [3.8, 4) is 56.9 Å². The third kappa shape index (κ3) is 16.0. The molecule has 0 radical (unpaired) electrons. The number of aryl methyl sites for hydroxylation is 14. The molecule has 0 N–H and O–H groups in total. The van der Waals surface area contributed by atoms with Crippen LogP contribution in [0.2, 0.25) is 0 Å². The van der Waals surface area contributed by atoms with Crippen molar-refractivity contribution in [2.24, 2.45) is 40.7 Å². The topological polar surface area (TPSA) is 83.8 Å². The lowest BCUT2D eigenvalue weighted by atomic mass is 9.89. The van der Waals surface area contributed by atoms with Gasteiger partial charge in [-0.25, -0.2) is 22.8 Å². The fourth-order valence-corrected chi connectivity index (χ4v) is 19.0. The van der Waals surface area contributed by atoms with E-state index in [9.17, 15) is 0 Å². The zero-order chi connectivity index (χ0) is 87.3. The molecule has 5 heterocycles. The average molecular weight is 1640 g/mol. The minimum Gasteiger partial charge on any atom is -0.233 e. The van der Waals surface area contributed by atoms with Gasteiger partial charge in [0.25, 0.3) is 0 Å². The summed E-state index contributed by atoms with van der Waals surface area (Å²) in [5.41, 5.74) is 21.1. The largest absolute Gasteiger partial charge is 0.331 e. The van der Waals surface area contributed by atoms with Gasteiger partial charge in [0.15, 0.2) is 22.6 Å². The highest BCUT2D eigenvalue weighted by molar-refractivity contribution is 6.16. The standard InChI is InChI=1S/C26H29N2.C24H23N2.C24H19N2.2C21H19N2/c1-17-11-13-21-20-10-8-7-9-19(20)12-14-22(21)24(17)25-27-23(15-26(3,4)5)18(2)16-28(25)6;2*1-16-11-13-20-19-9-5-3-7-17(19)12-14-21(20)23(16)24-25-22-10-6-4-8-18(22)15-26(24)2;1-14-8-10-18-17-7-5-4-6-16(17)9-11-19(18)20(14)21-22-15(2)12-13-23(21)3;1-14-8-10-18-17-7-5-4-6-16(17)9-11-19(18)20(14)21-22-13-12-15(2)23(21)3/h7-14,16H,15H2,1-6H3;3,5,7,9,11-15H,4,6,8,10H2,1-2H3;3-15H,1-2H3;2*4-13H,1-3H3/q5*+1. The molecule has 22 rings (SSSR count). The highest BCUT2D eigenvalue weighted by Crippen LogP contribution is 2.41. The van der Waals surface area contributed by atoms with Gasteiger partial charge in [-0.3, -0.25) is 0 Å². The summed E-state index contributed by atoms with van der Waals surface area (Å²) in [7, 11) is 10.5. The van der Waals surface area contributed by atoms with Crippen molar-refractivity contribution in [2.45, 2.75) is 108 Å². The quantitative estimate of drug-likeness (QED) is 0.122. The summed E-state index contributed by atoms with van der Waals surface area (Å²) in [5.74, 6) is 5.17. The lowest BCUT2D eigenvalue weighted by Gasteiger charge is -2.17. The van der Waals surface area contributed by atoms with Crippen LogP contribution < -0.4 is 22.8 Å². The zero-order valence-electron chi connectivity index (χ0n) is 75.5. The minimum absolute atomic E-state index is 0.207. The molecular weight excluding hydrogens is 1530 g/mol. The summed E-state index contributed by atoms with van der Waals surface area (Å²) in [6, 6.07) is 99.9. The van der Waals surface area contributed by atoms with Crippen LogP contribution in [0.3, 0.4) is 0 Å². The molecule has 10 heteroatoms. The van der Waals surface area contributed by atoms with E-state index in [0.717, 1.165) is 65.0 Å². The fourth-order valence-electron chi connectivity index (χ4n) is 19.0. The first-order valence-corrected chi connectivity index (χ1v) is 44.2. The molecule has 0 aliphatic heterocycles. The number of para-hydroxylation sites is 1. The number of nitrogens with zero attached hydrogens (tertiary/aromatic N) is 10. The van der Waals surface area contributed by atoms with Crippen LogP contribution in [0, 0.1) is 60.8 Å². The second-order valence-corrected chi connectivity index (χ2v) is 35.8. The van der Waals surface area contributed by atoms with Gasteiger partial charge in [0.05, 0.1) is 87.0 Å². The van der Waals surface area contributed by atoms with E-state index >= 15 is 0 Å². The van der Waals surface area contributed by atoms with E-state index in [-0.39, 0.29) is 5.41 Å². The number of hydrogen-bond acceptors (Lipinski definition) is 5. The van der Waals surface area contributed by atoms with Gasteiger partial charge >= 0.3 is 29.1 Å². The molecule has 0 spiro atoms. The Labute approximate surface area is 739 Å². The van der Waals surface area contributed by atoms with Gasteiger partial charge in [0, 0.05) is 43.0 Å². The molecule has 10 nitrogen and oxygen atoms in total. The first-order valence-electron chi connectivity index (χ1n) is 44.2.